The molecule has 0 unspecified atom stereocenters. The van der Waals surface area contributed by atoms with Crippen LogP contribution in [0.5, 0.6) is 5.75 Å². The molecule has 0 saturated carbocycles. The lowest BCUT2D eigenvalue weighted by Crippen LogP contribution is -2.14. The number of aromatic nitrogens is 2. The predicted octanol–water partition coefficient (Wildman–Crippen LogP) is 3.79. The van der Waals surface area contributed by atoms with E-state index < -0.39 is 23.5 Å². The maximum Gasteiger partial charge on any atom is 0.435 e. The summed E-state index contributed by atoms with van der Waals surface area (Å²) < 4.78 is 45.2. The van der Waals surface area contributed by atoms with Crippen LogP contribution in [-0.2, 0) is 6.18 Å². The second kappa shape index (κ2) is 5.27. The molecule has 2 aromatic heterocycles. The number of carboxylic acids is 1. The minimum absolute atomic E-state index is 0.0347. The number of ether oxygens (including phenoxy) is 1. The van der Waals surface area contributed by atoms with Gasteiger partial charge >= 0.3 is 12.1 Å². The normalized spacial score (nSPS) is 11.8. The van der Waals surface area contributed by atoms with Crippen LogP contribution in [0.3, 0.4) is 0 Å². The van der Waals surface area contributed by atoms with Crippen molar-refractivity contribution in [2.75, 3.05) is 7.11 Å². The molecule has 0 fully saturated rings. The van der Waals surface area contributed by atoms with E-state index in [0.29, 0.717) is 17.0 Å². The maximum absolute atomic E-state index is 13.0. The molecule has 2 heterocycles. The SMILES string of the molecule is COc1cccc(-c2csc3nc(C(F)(F)F)c(C(=O)O)n23)c1. The van der Waals surface area contributed by atoms with Gasteiger partial charge in [-0.2, -0.15) is 13.2 Å². The largest absolute Gasteiger partial charge is 0.497 e. The lowest BCUT2D eigenvalue weighted by Gasteiger charge is -2.07. The number of methoxy groups -OCH3 is 1. The Morgan fingerprint density at radius 1 is 1.39 bits per heavy atom. The number of benzene rings is 1. The molecule has 9 heteroatoms. The second-order valence-corrected chi connectivity index (χ2v) is 5.42. The summed E-state index contributed by atoms with van der Waals surface area (Å²) in [5.74, 6) is -1.18. The molecule has 23 heavy (non-hydrogen) atoms. The Kier molecular flexibility index (Phi) is 3.52. The van der Waals surface area contributed by atoms with Gasteiger partial charge in [-0.15, -0.1) is 11.3 Å². The summed E-state index contributed by atoms with van der Waals surface area (Å²) in [6.45, 7) is 0. The molecule has 0 aliphatic heterocycles. The molecule has 0 bridgehead atoms. The van der Waals surface area contributed by atoms with Gasteiger partial charge in [0.15, 0.2) is 16.3 Å². The number of hydrogen-bond donors (Lipinski definition) is 1. The summed E-state index contributed by atoms with van der Waals surface area (Å²) in [5.41, 5.74) is -1.46. The van der Waals surface area contributed by atoms with E-state index in [1.807, 2.05) is 0 Å². The molecule has 1 N–H and O–H groups in total. The Balaban J connectivity index is 2.31. The van der Waals surface area contributed by atoms with Crippen molar-refractivity contribution in [2.45, 2.75) is 6.18 Å². The number of rotatable bonds is 3. The minimum atomic E-state index is -4.84. The second-order valence-electron chi connectivity index (χ2n) is 4.58. The van der Waals surface area contributed by atoms with Crippen LogP contribution in [0.4, 0.5) is 13.2 Å². The Hall–Kier alpha value is -2.55. The summed E-state index contributed by atoms with van der Waals surface area (Å²) in [7, 11) is 1.46. The van der Waals surface area contributed by atoms with E-state index >= 15 is 0 Å². The number of aromatic carboxylic acids is 1. The van der Waals surface area contributed by atoms with Gasteiger partial charge in [0.2, 0.25) is 0 Å². The first-order valence-corrected chi connectivity index (χ1v) is 7.15. The summed E-state index contributed by atoms with van der Waals surface area (Å²) in [4.78, 5) is 14.8. The van der Waals surface area contributed by atoms with Crippen molar-refractivity contribution in [3.63, 3.8) is 0 Å². The van der Waals surface area contributed by atoms with E-state index in [1.54, 1.807) is 29.6 Å². The van der Waals surface area contributed by atoms with E-state index in [-0.39, 0.29) is 4.96 Å². The zero-order valence-corrected chi connectivity index (χ0v) is 12.4. The highest BCUT2D eigenvalue weighted by atomic mass is 32.1. The summed E-state index contributed by atoms with van der Waals surface area (Å²) in [6, 6.07) is 6.61. The summed E-state index contributed by atoms with van der Waals surface area (Å²) in [5, 5.41) is 10.8. The van der Waals surface area contributed by atoms with E-state index in [1.165, 1.54) is 7.11 Å². The maximum atomic E-state index is 13.0. The van der Waals surface area contributed by atoms with Crippen LogP contribution in [0.1, 0.15) is 16.2 Å². The van der Waals surface area contributed by atoms with Gasteiger partial charge in [-0.1, -0.05) is 12.1 Å². The number of fused-ring (bicyclic) bond motifs is 1. The average molecular weight is 342 g/mol. The zero-order valence-electron chi connectivity index (χ0n) is 11.6. The topological polar surface area (TPSA) is 63.8 Å². The van der Waals surface area contributed by atoms with Crippen molar-refractivity contribution >= 4 is 22.3 Å². The molecule has 3 rings (SSSR count). The van der Waals surface area contributed by atoms with Crippen LogP contribution in [-0.4, -0.2) is 27.6 Å². The van der Waals surface area contributed by atoms with Gasteiger partial charge in [0.05, 0.1) is 12.8 Å². The molecular formula is C14H9F3N2O3S. The molecule has 0 atom stereocenters. The van der Waals surface area contributed by atoms with Gasteiger partial charge in [0.25, 0.3) is 0 Å². The van der Waals surface area contributed by atoms with Crippen LogP contribution < -0.4 is 4.74 Å². The first-order valence-electron chi connectivity index (χ1n) is 6.27. The van der Waals surface area contributed by atoms with Crippen molar-refractivity contribution < 1.29 is 27.8 Å². The van der Waals surface area contributed by atoms with Crippen molar-refractivity contribution in [2.24, 2.45) is 0 Å². The Morgan fingerprint density at radius 3 is 2.74 bits per heavy atom. The standard InChI is InChI=1S/C14H9F3N2O3S/c1-22-8-4-2-3-7(5-8)9-6-23-13-18-11(14(15,16)17)10(12(20)21)19(9)13/h2-6H,1H3,(H,20,21). The molecule has 0 aliphatic rings. The molecule has 0 aliphatic carbocycles. The third-order valence-electron chi connectivity index (χ3n) is 3.20. The van der Waals surface area contributed by atoms with Gasteiger partial charge in [-0.25, -0.2) is 9.78 Å². The van der Waals surface area contributed by atoms with Crippen molar-refractivity contribution in [1.82, 2.24) is 9.38 Å². The van der Waals surface area contributed by atoms with Gasteiger partial charge in [0, 0.05) is 10.9 Å². The first kappa shape index (κ1) is 15.3. The van der Waals surface area contributed by atoms with Crippen LogP contribution in [0.2, 0.25) is 0 Å². The van der Waals surface area contributed by atoms with Crippen LogP contribution in [0.25, 0.3) is 16.2 Å². The fraction of sp³-hybridized carbons (Fsp3) is 0.143. The van der Waals surface area contributed by atoms with E-state index in [4.69, 9.17) is 4.74 Å². The Bertz CT molecular complexity index is 898. The monoisotopic (exact) mass is 342 g/mol. The molecular weight excluding hydrogens is 333 g/mol. The van der Waals surface area contributed by atoms with E-state index in [0.717, 1.165) is 15.7 Å². The lowest BCUT2D eigenvalue weighted by atomic mass is 10.1. The van der Waals surface area contributed by atoms with Crippen LogP contribution in [0, 0.1) is 0 Å². The predicted molar refractivity (Wildman–Crippen MR) is 77.0 cm³/mol. The van der Waals surface area contributed by atoms with Gasteiger partial charge in [0.1, 0.15) is 5.75 Å². The van der Waals surface area contributed by atoms with Gasteiger partial charge < -0.3 is 9.84 Å². The van der Waals surface area contributed by atoms with Gasteiger partial charge in [-0.3, -0.25) is 4.40 Å². The number of carboxylic acid groups (broad SMARTS) is 1. The number of thiazole rings is 1. The fourth-order valence-electron chi connectivity index (χ4n) is 2.24. The molecule has 0 spiro atoms. The van der Waals surface area contributed by atoms with E-state index in [2.05, 4.69) is 4.98 Å². The highest BCUT2D eigenvalue weighted by molar-refractivity contribution is 7.15. The van der Waals surface area contributed by atoms with Crippen molar-refractivity contribution in [1.29, 1.82) is 0 Å². The number of imidazole rings is 1. The van der Waals surface area contributed by atoms with Gasteiger partial charge in [-0.05, 0) is 12.1 Å². The molecule has 5 nitrogen and oxygen atoms in total. The summed E-state index contributed by atoms with van der Waals surface area (Å²) >= 11 is 0.938. The zero-order chi connectivity index (χ0) is 16.8. The molecule has 0 radical (unpaired) electrons. The van der Waals surface area contributed by atoms with Crippen molar-refractivity contribution in [3.05, 3.63) is 41.0 Å². The highest BCUT2D eigenvalue weighted by Gasteiger charge is 2.41. The summed E-state index contributed by atoms with van der Waals surface area (Å²) in [6.07, 6.45) is -4.84. The number of nitrogens with zero attached hydrogens (tertiary/aromatic N) is 2. The van der Waals surface area contributed by atoms with E-state index in [9.17, 15) is 23.1 Å². The number of halogens is 3. The Morgan fingerprint density at radius 2 is 2.13 bits per heavy atom. The van der Waals surface area contributed by atoms with Crippen LogP contribution >= 0.6 is 11.3 Å². The number of alkyl halides is 3. The highest BCUT2D eigenvalue weighted by Crippen LogP contribution is 2.36. The molecule has 0 saturated heterocycles. The fourth-order valence-corrected chi connectivity index (χ4v) is 3.14. The van der Waals surface area contributed by atoms with Crippen molar-refractivity contribution in [3.8, 4) is 17.0 Å². The number of hydrogen-bond acceptors (Lipinski definition) is 4. The molecule has 120 valence electrons. The third kappa shape index (κ3) is 2.52. The first-order chi connectivity index (χ1) is 10.8. The molecule has 3 aromatic rings. The Labute approximate surface area is 131 Å². The average Bonchev–Trinajstić information content (AvgIpc) is 3.05. The lowest BCUT2D eigenvalue weighted by molar-refractivity contribution is -0.141. The van der Waals surface area contributed by atoms with Crippen LogP contribution in [0.15, 0.2) is 29.6 Å². The third-order valence-corrected chi connectivity index (χ3v) is 4.03. The minimum Gasteiger partial charge on any atom is -0.497 e. The molecule has 0 amide bonds. The molecule has 1 aromatic carbocycles. The quantitative estimate of drug-likeness (QED) is 0.787. The smallest absolute Gasteiger partial charge is 0.435 e. The number of carbonyl (C=O) groups is 1.